The van der Waals surface area contributed by atoms with Crippen LogP contribution in [0, 0.1) is 13.8 Å². The van der Waals surface area contributed by atoms with Crippen molar-refractivity contribution in [3.63, 3.8) is 0 Å². The molecule has 0 aromatic heterocycles. The van der Waals surface area contributed by atoms with Gasteiger partial charge < -0.3 is 4.57 Å². The highest BCUT2D eigenvalue weighted by atomic mass is 31.1. The van der Waals surface area contributed by atoms with Crippen LogP contribution in [0.5, 0.6) is 0 Å². The summed E-state index contributed by atoms with van der Waals surface area (Å²) in [5.74, 6) is 0. The Morgan fingerprint density at radius 2 is 2.00 bits per heavy atom. The normalized spacial score (nSPS) is 10.8. The fourth-order valence-corrected chi connectivity index (χ4v) is 1.60. The van der Waals surface area contributed by atoms with Crippen LogP contribution in [0.3, 0.4) is 0 Å². The van der Waals surface area contributed by atoms with Crippen molar-refractivity contribution >= 4 is 14.0 Å². The molecule has 0 aliphatic rings. The van der Waals surface area contributed by atoms with Crippen molar-refractivity contribution in [3.8, 4) is 0 Å². The van der Waals surface area contributed by atoms with Gasteiger partial charge in [-0.2, -0.15) is 0 Å². The topological polar surface area (TPSA) is 34.1 Å². The first-order valence-electron chi connectivity index (χ1n) is 3.72. The summed E-state index contributed by atoms with van der Waals surface area (Å²) in [5.41, 5.74) is 2.37. The average molecular weight is 182 g/mol. The van der Waals surface area contributed by atoms with Gasteiger partial charge in [0.05, 0.1) is 0 Å². The highest BCUT2D eigenvalue weighted by Crippen LogP contribution is 2.15. The molecule has 1 unspecified atom stereocenters. The Balaban J connectivity index is 3.18. The lowest BCUT2D eigenvalue weighted by Crippen LogP contribution is -1.93. The predicted octanol–water partition coefficient (Wildman–Crippen LogP) is 2.20. The minimum Gasteiger partial charge on any atom is -0.322 e. The number of aryl methyl sites for hydroxylation is 2. The predicted molar refractivity (Wildman–Crippen MR) is 50.6 cm³/mol. The van der Waals surface area contributed by atoms with E-state index in [0.717, 1.165) is 11.1 Å². The minimum atomic E-state index is -1.33. The van der Waals surface area contributed by atoms with Gasteiger partial charge in [-0.25, -0.2) is 0 Å². The molecule has 0 spiro atoms. The van der Waals surface area contributed by atoms with E-state index in [1.165, 1.54) is 0 Å². The summed E-state index contributed by atoms with van der Waals surface area (Å²) in [6, 6.07) is 5.51. The third-order valence-electron chi connectivity index (χ3n) is 1.75. The molecular weight excluding hydrogens is 171 g/mol. The summed E-state index contributed by atoms with van der Waals surface area (Å²) in [5, 5.41) is 0. The quantitative estimate of drug-likeness (QED) is 0.657. The van der Waals surface area contributed by atoms with Crippen LogP contribution in [0.4, 0.5) is 0 Å². The zero-order chi connectivity index (χ0) is 9.14. The van der Waals surface area contributed by atoms with Gasteiger partial charge in [-0.3, -0.25) is 4.79 Å². The summed E-state index contributed by atoms with van der Waals surface area (Å²) >= 11 is 0. The molecule has 0 heterocycles. The van der Waals surface area contributed by atoms with E-state index in [0.29, 0.717) is 5.56 Å². The molecule has 1 aromatic carbocycles. The molecule has 1 aromatic rings. The average Bonchev–Trinajstić information content (AvgIpc) is 2.03. The zero-order valence-electron chi connectivity index (χ0n) is 7.13. The number of rotatable bonds is 2. The highest BCUT2D eigenvalue weighted by Gasteiger charge is 2.05. The van der Waals surface area contributed by atoms with Crippen molar-refractivity contribution < 1.29 is 9.36 Å². The van der Waals surface area contributed by atoms with Gasteiger partial charge in [-0.15, -0.1) is 0 Å². The van der Waals surface area contributed by atoms with E-state index < -0.39 is 8.46 Å². The van der Waals surface area contributed by atoms with Crippen LogP contribution in [0.2, 0.25) is 0 Å². The smallest absolute Gasteiger partial charge is 0.215 e. The molecular formula is C9H11O2P. The molecule has 0 saturated carbocycles. The van der Waals surface area contributed by atoms with Gasteiger partial charge in [-0.05, 0) is 19.4 Å². The van der Waals surface area contributed by atoms with Gasteiger partial charge in [0.1, 0.15) is 8.46 Å². The van der Waals surface area contributed by atoms with Crippen molar-refractivity contribution in [1.82, 2.24) is 0 Å². The molecule has 0 amide bonds. The van der Waals surface area contributed by atoms with Crippen LogP contribution >= 0.6 is 8.46 Å². The maximum atomic E-state index is 11.1. The number of hydrogen-bond acceptors (Lipinski definition) is 2. The summed E-state index contributed by atoms with van der Waals surface area (Å²) < 4.78 is 10.4. The maximum absolute atomic E-state index is 11.1. The van der Waals surface area contributed by atoms with E-state index in [4.69, 9.17) is 0 Å². The van der Waals surface area contributed by atoms with Gasteiger partial charge in [0.25, 0.3) is 0 Å². The fraction of sp³-hybridized carbons (Fsp3) is 0.222. The van der Waals surface area contributed by atoms with Crippen LogP contribution in [0.15, 0.2) is 18.2 Å². The Labute approximate surface area is 72.8 Å². The first kappa shape index (κ1) is 9.21. The zero-order valence-corrected chi connectivity index (χ0v) is 8.28. The van der Waals surface area contributed by atoms with Crippen molar-refractivity contribution in [1.29, 1.82) is 0 Å². The third kappa shape index (κ3) is 1.83. The van der Waals surface area contributed by atoms with Crippen LogP contribution in [0.25, 0.3) is 0 Å². The fourth-order valence-electron chi connectivity index (χ4n) is 1.15. The number of hydrogen-bond donors (Lipinski definition) is 0. The van der Waals surface area contributed by atoms with Crippen molar-refractivity contribution in [3.05, 3.63) is 34.9 Å². The molecule has 0 aliphatic carbocycles. The molecule has 12 heavy (non-hydrogen) atoms. The molecule has 3 heteroatoms. The molecule has 0 N–H and O–H groups in total. The molecule has 0 radical (unpaired) electrons. The van der Waals surface area contributed by atoms with E-state index in [1.807, 2.05) is 26.0 Å². The van der Waals surface area contributed by atoms with Crippen LogP contribution < -0.4 is 0 Å². The Morgan fingerprint density at radius 3 is 2.50 bits per heavy atom. The second-order valence-electron chi connectivity index (χ2n) is 2.80. The summed E-state index contributed by atoms with van der Waals surface area (Å²) in [4.78, 5) is 11.1. The first-order valence-corrected chi connectivity index (χ1v) is 4.77. The van der Waals surface area contributed by atoms with Crippen LogP contribution in [0.1, 0.15) is 21.5 Å². The Hall–Kier alpha value is -0.880. The first-order chi connectivity index (χ1) is 5.65. The van der Waals surface area contributed by atoms with Crippen LogP contribution in [-0.4, -0.2) is 5.52 Å². The SMILES string of the molecule is Cc1ccc(C(=O)[PH2]=O)c(C)c1. The van der Waals surface area contributed by atoms with Crippen molar-refractivity contribution in [2.45, 2.75) is 13.8 Å². The van der Waals surface area contributed by atoms with Gasteiger partial charge in [0.2, 0.25) is 5.52 Å². The van der Waals surface area contributed by atoms with Crippen LogP contribution in [-0.2, 0) is 4.57 Å². The molecule has 1 atom stereocenters. The summed E-state index contributed by atoms with van der Waals surface area (Å²) in [7, 11) is -1.33. The van der Waals surface area contributed by atoms with Gasteiger partial charge >= 0.3 is 0 Å². The molecule has 0 aliphatic heterocycles. The van der Waals surface area contributed by atoms with E-state index in [-0.39, 0.29) is 5.52 Å². The molecule has 64 valence electrons. The van der Waals surface area contributed by atoms with E-state index >= 15 is 0 Å². The van der Waals surface area contributed by atoms with Gasteiger partial charge in [-0.1, -0.05) is 23.8 Å². The van der Waals surface area contributed by atoms with Crippen molar-refractivity contribution in [2.24, 2.45) is 0 Å². The lowest BCUT2D eigenvalue weighted by atomic mass is 10.1. The maximum Gasteiger partial charge on any atom is 0.215 e. The molecule has 1 rings (SSSR count). The number of benzene rings is 1. The summed E-state index contributed by atoms with van der Waals surface area (Å²) in [6.45, 7) is 3.82. The lowest BCUT2D eigenvalue weighted by molar-refractivity contribution is 0.108. The Morgan fingerprint density at radius 1 is 1.33 bits per heavy atom. The molecule has 2 nitrogen and oxygen atoms in total. The van der Waals surface area contributed by atoms with E-state index in [9.17, 15) is 9.36 Å². The number of carbonyl (C=O) groups is 1. The molecule has 0 bridgehead atoms. The second kappa shape index (κ2) is 3.68. The lowest BCUT2D eigenvalue weighted by Gasteiger charge is -2.01. The van der Waals surface area contributed by atoms with Gasteiger partial charge in [0.15, 0.2) is 0 Å². The van der Waals surface area contributed by atoms with Crippen molar-refractivity contribution in [2.75, 3.05) is 0 Å². The van der Waals surface area contributed by atoms with E-state index in [1.54, 1.807) is 6.07 Å². The Kier molecular flexibility index (Phi) is 2.83. The number of carbonyl (C=O) groups excluding carboxylic acids is 1. The standard InChI is InChI=1S/C9H11O2P/c1-6-3-4-8(7(2)5-6)9(10)12-11/h3-5H,12H2,1-2H3. The van der Waals surface area contributed by atoms with Gasteiger partial charge in [0, 0.05) is 5.56 Å². The highest BCUT2D eigenvalue weighted by molar-refractivity contribution is 7.47. The molecule has 0 saturated heterocycles. The third-order valence-corrected chi connectivity index (χ3v) is 2.28. The van der Waals surface area contributed by atoms with E-state index in [2.05, 4.69) is 0 Å². The molecule has 0 fully saturated rings. The second-order valence-corrected chi connectivity index (χ2v) is 3.56. The summed E-state index contributed by atoms with van der Waals surface area (Å²) in [6.07, 6.45) is 0. The Bertz CT molecular complexity index is 331. The largest absolute Gasteiger partial charge is 0.322 e. The monoisotopic (exact) mass is 182 g/mol. The minimum absolute atomic E-state index is 0.243.